The lowest BCUT2D eigenvalue weighted by Gasteiger charge is -2.32. The molecule has 0 saturated carbocycles. The molecule has 1 saturated heterocycles. The number of hydrogen-bond acceptors (Lipinski definition) is 11. The number of phosphoric ester groups is 1. The molecule has 0 spiro atoms. The van der Waals surface area contributed by atoms with E-state index >= 15 is 0 Å². The van der Waals surface area contributed by atoms with E-state index in [-0.39, 0.29) is 17.8 Å². The summed E-state index contributed by atoms with van der Waals surface area (Å²) in [6, 6.07) is 0.992. The Bertz CT molecular complexity index is 972. The second kappa shape index (κ2) is 9.70. The van der Waals surface area contributed by atoms with Crippen LogP contribution in [0.4, 0.5) is 0 Å². The highest BCUT2D eigenvalue weighted by Gasteiger charge is 2.50. The Morgan fingerprint density at radius 3 is 2.52 bits per heavy atom. The summed E-state index contributed by atoms with van der Waals surface area (Å²) in [6.07, 6.45) is -4.64. The molecule has 1 aromatic heterocycles. The number of hydrogen-bond donors (Lipinski definition) is 5. The minimum absolute atomic E-state index is 0.0611. The Hall–Kier alpha value is -1.26. The van der Waals surface area contributed by atoms with Gasteiger partial charge in [0, 0.05) is 12.3 Å². The normalized spacial score (nSPS) is 28.2. The van der Waals surface area contributed by atoms with Crippen LogP contribution in [0, 0.1) is 0 Å². The SMILES string of the molecule is C[N+](C)(CCO)O[C@H]1[C@@H](O)[C@H](n2ccc(=O)[nH]c2=O)O[C@@H]1COP(=O)(O)OP(=O)([O-])O. The van der Waals surface area contributed by atoms with Crippen LogP contribution < -0.4 is 16.1 Å². The van der Waals surface area contributed by atoms with Crippen LogP contribution in [0.25, 0.3) is 0 Å². The van der Waals surface area contributed by atoms with Crippen molar-refractivity contribution >= 4 is 15.6 Å². The van der Waals surface area contributed by atoms with Crippen LogP contribution in [-0.4, -0.2) is 86.4 Å². The summed E-state index contributed by atoms with van der Waals surface area (Å²) in [5, 5.41) is 19.8. The zero-order chi connectivity index (χ0) is 23.6. The van der Waals surface area contributed by atoms with Gasteiger partial charge in [0.2, 0.25) is 0 Å². The zero-order valence-electron chi connectivity index (χ0n) is 16.3. The number of aliphatic hydroxyl groups is 2. The molecule has 5 N–H and O–H groups in total. The number of ether oxygens (including phenoxy) is 1. The predicted octanol–water partition coefficient (Wildman–Crippen LogP) is -3.24. The number of aromatic nitrogens is 2. The average molecular weight is 491 g/mol. The van der Waals surface area contributed by atoms with Gasteiger partial charge in [-0.15, -0.1) is 0 Å². The van der Waals surface area contributed by atoms with E-state index < -0.39 is 58.0 Å². The third-order valence-corrected chi connectivity index (χ3v) is 6.21. The third kappa shape index (κ3) is 7.39. The molecule has 0 aromatic carbocycles. The molecule has 0 aliphatic carbocycles. The van der Waals surface area contributed by atoms with Crippen LogP contribution in [0.15, 0.2) is 21.9 Å². The Morgan fingerprint density at radius 2 is 1.97 bits per heavy atom. The maximum atomic E-state index is 12.1. The van der Waals surface area contributed by atoms with Crippen molar-refractivity contribution in [3.8, 4) is 0 Å². The van der Waals surface area contributed by atoms with Gasteiger partial charge in [-0.1, -0.05) is 0 Å². The van der Waals surface area contributed by atoms with Crippen molar-refractivity contribution in [2.45, 2.75) is 24.5 Å². The summed E-state index contributed by atoms with van der Waals surface area (Å²) in [5.41, 5.74) is -1.63. The van der Waals surface area contributed by atoms with Gasteiger partial charge in [0.25, 0.3) is 13.4 Å². The first kappa shape index (κ1) is 26.0. The quantitative estimate of drug-likeness (QED) is 0.123. The van der Waals surface area contributed by atoms with E-state index in [1.165, 1.54) is 14.1 Å². The number of aromatic amines is 1. The summed E-state index contributed by atoms with van der Waals surface area (Å²) in [4.78, 5) is 59.7. The van der Waals surface area contributed by atoms with Gasteiger partial charge in [0.05, 0.1) is 27.3 Å². The second-order valence-corrected chi connectivity index (χ2v) is 9.76. The number of likely N-dealkylation sites (N-methyl/N-ethyl adjacent to an activating group) is 1. The van der Waals surface area contributed by atoms with Crippen LogP contribution in [0.3, 0.4) is 0 Å². The summed E-state index contributed by atoms with van der Waals surface area (Å²) in [5.74, 6) is 0. The lowest BCUT2D eigenvalue weighted by molar-refractivity contribution is -1.08. The van der Waals surface area contributed by atoms with E-state index in [0.717, 1.165) is 16.8 Å². The number of nitrogens with one attached hydrogen (secondary N) is 1. The van der Waals surface area contributed by atoms with Crippen LogP contribution in [-0.2, 0) is 27.5 Å². The molecule has 1 fully saturated rings. The van der Waals surface area contributed by atoms with Gasteiger partial charge in [0.15, 0.2) is 12.3 Å². The van der Waals surface area contributed by atoms with Crippen molar-refractivity contribution in [3.63, 3.8) is 0 Å². The first-order valence-electron chi connectivity index (χ1n) is 8.64. The lowest BCUT2D eigenvalue weighted by Crippen LogP contribution is -2.50. The maximum Gasteiger partial charge on any atom is 0.478 e. The molecule has 178 valence electrons. The van der Waals surface area contributed by atoms with Gasteiger partial charge in [-0.05, 0) is 0 Å². The maximum absolute atomic E-state index is 12.1. The molecular weight excluding hydrogens is 468 g/mol. The molecule has 0 amide bonds. The number of nitrogens with zero attached hydrogens (tertiary/aromatic N) is 2. The lowest BCUT2D eigenvalue weighted by atomic mass is 10.1. The molecule has 2 unspecified atom stereocenters. The van der Waals surface area contributed by atoms with Crippen molar-refractivity contribution in [1.29, 1.82) is 0 Å². The topological polar surface area (TPSA) is 230 Å². The Morgan fingerprint density at radius 1 is 1.32 bits per heavy atom. The fourth-order valence-electron chi connectivity index (χ4n) is 2.79. The summed E-state index contributed by atoms with van der Waals surface area (Å²) in [7, 11) is -7.87. The standard InChI is InChI=1S/C13H23N3O13P2/c1-16(2,5-6-17)28-11-8(7-26-31(24,25)29-30(21,22)23)27-12(10(11)19)15-4-3-9(18)14-13(15)20/h3-4,8,10-12,17,19H,5-7H2,1-2H3,(H3-,14,18,20,21,22,23,24,25)/t8-,10-,11-,12-/m1/s1. The first-order chi connectivity index (χ1) is 14.1. The highest BCUT2D eigenvalue weighted by Crippen LogP contribution is 2.55. The van der Waals surface area contributed by atoms with E-state index in [1.807, 2.05) is 4.98 Å². The molecule has 0 radical (unpaired) electrons. The average Bonchev–Trinajstić information content (AvgIpc) is 2.87. The van der Waals surface area contributed by atoms with Crippen LogP contribution in [0.5, 0.6) is 0 Å². The van der Waals surface area contributed by atoms with Gasteiger partial charge in [0.1, 0.15) is 18.8 Å². The minimum Gasteiger partial charge on any atom is -0.756 e. The predicted molar refractivity (Wildman–Crippen MR) is 96.9 cm³/mol. The largest absolute Gasteiger partial charge is 0.756 e. The van der Waals surface area contributed by atoms with Gasteiger partial charge >= 0.3 is 13.5 Å². The van der Waals surface area contributed by atoms with Crippen molar-refractivity contribution in [1.82, 2.24) is 9.55 Å². The van der Waals surface area contributed by atoms with Crippen LogP contribution >= 0.6 is 15.6 Å². The van der Waals surface area contributed by atoms with E-state index in [1.54, 1.807) is 0 Å². The second-order valence-electron chi connectivity index (χ2n) is 6.98. The van der Waals surface area contributed by atoms with Crippen molar-refractivity contribution in [3.05, 3.63) is 33.1 Å². The van der Waals surface area contributed by atoms with E-state index in [0.29, 0.717) is 0 Å². The van der Waals surface area contributed by atoms with Crippen molar-refractivity contribution in [2.24, 2.45) is 0 Å². The van der Waals surface area contributed by atoms with E-state index in [4.69, 9.17) is 19.6 Å². The molecule has 0 bridgehead atoms. The van der Waals surface area contributed by atoms with Crippen LogP contribution in [0.2, 0.25) is 0 Å². The number of H-pyrrole nitrogens is 1. The van der Waals surface area contributed by atoms with Gasteiger partial charge in [-0.25, -0.2) is 13.7 Å². The fourth-order valence-corrected chi connectivity index (χ4v) is 4.35. The molecule has 1 aromatic rings. The van der Waals surface area contributed by atoms with Gasteiger partial charge in [-0.2, -0.15) is 9.48 Å². The molecule has 1 aliphatic heterocycles. The van der Waals surface area contributed by atoms with Crippen molar-refractivity contribution < 1.29 is 57.1 Å². The van der Waals surface area contributed by atoms with E-state index in [2.05, 4.69) is 8.83 Å². The molecule has 2 rings (SSSR count). The first-order valence-corrected chi connectivity index (χ1v) is 11.6. The Balaban J connectivity index is 2.29. The minimum atomic E-state index is -5.61. The molecule has 1 aliphatic rings. The highest BCUT2D eigenvalue weighted by atomic mass is 31.3. The molecule has 18 heteroatoms. The molecule has 16 nitrogen and oxygen atoms in total. The molecule has 31 heavy (non-hydrogen) atoms. The number of aliphatic hydroxyl groups excluding tert-OH is 2. The third-order valence-electron chi connectivity index (χ3n) is 4.09. The molecule has 2 heterocycles. The number of rotatable bonds is 10. The summed E-state index contributed by atoms with van der Waals surface area (Å²) in [6.45, 7) is -1.11. The number of quaternary nitrogens is 1. The van der Waals surface area contributed by atoms with Gasteiger partial charge in [-0.3, -0.25) is 23.4 Å². The van der Waals surface area contributed by atoms with Crippen LogP contribution in [0.1, 0.15) is 6.23 Å². The smallest absolute Gasteiger partial charge is 0.478 e. The Labute approximate surface area is 174 Å². The van der Waals surface area contributed by atoms with Gasteiger partial charge < -0.3 is 29.6 Å². The monoisotopic (exact) mass is 491 g/mol. The highest BCUT2D eigenvalue weighted by molar-refractivity contribution is 7.60. The van der Waals surface area contributed by atoms with Crippen molar-refractivity contribution in [2.75, 3.05) is 33.9 Å². The zero-order valence-corrected chi connectivity index (χ0v) is 18.1. The van der Waals surface area contributed by atoms with E-state index in [9.17, 15) is 33.6 Å². The Kier molecular flexibility index (Phi) is 8.14. The number of phosphoric acid groups is 2. The fraction of sp³-hybridized carbons (Fsp3) is 0.692. The number of hydroxylamine groups is 3. The molecule has 6 atom stereocenters. The summed E-state index contributed by atoms with van der Waals surface area (Å²) < 4.78 is 36.5. The molecular formula is C13H23N3O13P2. The summed E-state index contributed by atoms with van der Waals surface area (Å²) >= 11 is 0.